The average molecular weight is 289 g/mol. The lowest BCUT2D eigenvalue weighted by atomic mass is 10.1. The molecule has 21 heavy (non-hydrogen) atoms. The normalized spacial score (nSPS) is 10.7. The van der Waals surface area contributed by atoms with Crippen molar-refractivity contribution in [2.45, 2.75) is 6.92 Å². The van der Waals surface area contributed by atoms with Crippen LogP contribution in [0.1, 0.15) is 6.92 Å². The van der Waals surface area contributed by atoms with E-state index in [4.69, 9.17) is 9.47 Å². The van der Waals surface area contributed by atoms with E-state index in [1.807, 2.05) is 24.4 Å². The molecule has 0 aliphatic carbocycles. The Morgan fingerprint density at radius 3 is 2.57 bits per heavy atom. The van der Waals surface area contributed by atoms with Gasteiger partial charge in [0.2, 0.25) is 0 Å². The van der Waals surface area contributed by atoms with E-state index in [2.05, 4.69) is 29.2 Å². The summed E-state index contributed by atoms with van der Waals surface area (Å²) in [7, 11) is 5.35. The molecule has 0 aliphatic heterocycles. The molecule has 0 fully saturated rings. The monoisotopic (exact) mass is 289 g/mol. The first kappa shape index (κ1) is 15.4. The second-order valence-corrected chi connectivity index (χ2v) is 4.84. The fraction of sp³-hybridized carbons (Fsp3) is 0.438. The van der Waals surface area contributed by atoms with E-state index in [1.165, 1.54) is 0 Å². The largest absolute Gasteiger partial charge is 0.493 e. The molecule has 1 aromatic carbocycles. The SMILES string of the molecule is CCNCCN(C)c1nccc2cc(OC)c(OC)cc12. The summed E-state index contributed by atoms with van der Waals surface area (Å²) in [5, 5.41) is 5.48. The molecule has 1 aromatic heterocycles. The molecule has 5 heteroatoms. The van der Waals surface area contributed by atoms with E-state index in [-0.39, 0.29) is 0 Å². The van der Waals surface area contributed by atoms with Gasteiger partial charge in [0.25, 0.3) is 0 Å². The van der Waals surface area contributed by atoms with Gasteiger partial charge in [-0.2, -0.15) is 0 Å². The quantitative estimate of drug-likeness (QED) is 0.793. The van der Waals surface area contributed by atoms with Crippen molar-refractivity contribution in [1.82, 2.24) is 10.3 Å². The second kappa shape index (κ2) is 7.13. The van der Waals surface area contributed by atoms with E-state index in [1.54, 1.807) is 14.2 Å². The van der Waals surface area contributed by atoms with Crippen molar-refractivity contribution in [1.29, 1.82) is 0 Å². The maximum atomic E-state index is 5.39. The highest BCUT2D eigenvalue weighted by molar-refractivity contribution is 5.94. The summed E-state index contributed by atoms with van der Waals surface area (Å²) in [5.41, 5.74) is 0. The molecule has 1 N–H and O–H groups in total. The number of pyridine rings is 1. The van der Waals surface area contributed by atoms with Crippen LogP contribution in [-0.2, 0) is 0 Å². The number of anilines is 1. The predicted molar refractivity (Wildman–Crippen MR) is 86.7 cm³/mol. The molecule has 0 spiro atoms. The zero-order valence-electron chi connectivity index (χ0n) is 13.1. The number of fused-ring (bicyclic) bond motifs is 1. The van der Waals surface area contributed by atoms with Crippen LogP contribution in [-0.4, -0.2) is 45.9 Å². The lowest BCUT2D eigenvalue weighted by Crippen LogP contribution is -2.29. The van der Waals surface area contributed by atoms with Crippen molar-refractivity contribution in [3.05, 3.63) is 24.4 Å². The van der Waals surface area contributed by atoms with Crippen LogP contribution < -0.4 is 19.7 Å². The van der Waals surface area contributed by atoms with Crippen molar-refractivity contribution in [3.63, 3.8) is 0 Å². The van der Waals surface area contributed by atoms with Crippen LogP contribution in [0.3, 0.4) is 0 Å². The smallest absolute Gasteiger partial charge is 0.161 e. The third kappa shape index (κ3) is 3.36. The summed E-state index contributed by atoms with van der Waals surface area (Å²) < 4.78 is 10.7. The van der Waals surface area contributed by atoms with Gasteiger partial charge in [-0.25, -0.2) is 4.98 Å². The van der Waals surface area contributed by atoms with Crippen LogP contribution in [0, 0.1) is 0 Å². The van der Waals surface area contributed by atoms with E-state index < -0.39 is 0 Å². The van der Waals surface area contributed by atoms with Gasteiger partial charge in [-0.15, -0.1) is 0 Å². The molecule has 0 saturated carbocycles. The molecule has 0 bridgehead atoms. The number of hydrogen-bond acceptors (Lipinski definition) is 5. The number of nitrogens with zero attached hydrogens (tertiary/aromatic N) is 2. The lowest BCUT2D eigenvalue weighted by molar-refractivity contribution is 0.356. The van der Waals surface area contributed by atoms with Gasteiger partial charge in [-0.05, 0) is 30.1 Å². The van der Waals surface area contributed by atoms with Gasteiger partial charge in [0.05, 0.1) is 14.2 Å². The number of likely N-dealkylation sites (N-methyl/N-ethyl adjacent to an activating group) is 2. The van der Waals surface area contributed by atoms with Gasteiger partial charge in [0, 0.05) is 31.7 Å². The van der Waals surface area contributed by atoms with Crippen LogP contribution in [0.2, 0.25) is 0 Å². The highest BCUT2D eigenvalue weighted by atomic mass is 16.5. The van der Waals surface area contributed by atoms with Crippen LogP contribution in [0.4, 0.5) is 5.82 Å². The number of ether oxygens (including phenoxy) is 2. The maximum absolute atomic E-state index is 5.39. The molecular weight excluding hydrogens is 266 g/mol. The molecule has 2 aromatic rings. The number of aromatic nitrogens is 1. The molecule has 0 radical (unpaired) electrons. The second-order valence-electron chi connectivity index (χ2n) is 4.84. The zero-order chi connectivity index (χ0) is 15.2. The predicted octanol–water partition coefficient (Wildman–Crippen LogP) is 2.30. The third-order valence-electron chi connectivity index (χ3n) is 3.48. The van der Waals surface area contributed by atoms with Crippen molar-refractivity contribution in [3.8, 4) is 11.5 Å². The van der Waals surface area contributed by atoms with Crippen molar-refractivity contribution in [2.75, 3.05) is 45.8 Å². The fourth-order valence-electron chi connectivity index (χ4n) is 2.32. The molecule has 0 aliphatic rings. The van der Waals surface area contributed by atoms with Gasteiger partial charge >= 0.3 is 0 Å². The Morgan fingerprint density at radius 1 is 1.19 bits per heavy atom. The Morgan fingerprint density at radius 2 is 1.90 bits per heavy atom. The van der Waals surface area contributed by atoms with E-state index in [0.717, 1.165) is 47.7 Å². The molecule has 0 saturated heterocycles. The van der Waals surface area contributed by atoms with Crippen molar-refractivity contribution < 1.29 is 9.47 Å². The molecule has 0 atom stereocenters. The summed E-state index contributed by atoms with van der Waals surface area (Å²) in [6.07, 6.45) is 1.83. The molecule has 0 amide bonds. The van der Waals surface area contributed by atoms with Crippen LogP contribution in [0.15, 0.2) is 24.4 Å². The Labute approximate surface area is 125 Å². The van der Waals surface area contributed by atoms with Crippen LogP contribution in [0.25, 0.3) is 10.8 Å². The average Bonchev–Trinajstić information content (AvgIpc) is 2.52. The van der Waals surface area contributed by atoms with Crippen molar-refractivity contribution >= 4 is 16.6 Å². The highest BCUT2D eigenvalue weighted by Crippen LogP contribution is 2.35. The summed E-state index contributed by atoms with van der Waals surface area (Å²) in [6, 6.07) is 5.96. The first-order chi connectivity index (χ1) is 10.2. The number of nitrogens with one attached hydrogen (secondary N) is 1. The fourth-order valence-corrected chi connectivity index (χ4v) is 2.32. The Kier molecular flexibility index (Phi) is 5.22. The molecule has 114 valence electrons. The Balaban J connectivity index is 2.39. The summed E-state index contributed by atoms with van der Waals surface area (Å²) in [4.78, 5) is 6.67. The van der Waals surface area contributed by atoms with E-state index in [9.17, 15) is 0 Å². The van der Waals surface area contributed by atoms with Gasteiger partial charge in [-0.3, -0.25) is 0 Å². The first-order valence-electron chi connectivity index (χ1n) is 7.13. The Bertz CT molecular complexity index is 601. The zero-order valence-corrected chi connectivity index (χ0v) is 13.1. The van der Waals surface area contributed by atoms with Crippen LogP contribution in [0.5, 0.6) is 11.5 Å². The van der Waals surface area contributed by atoms with Crippen molar-refractivity contribution in [2.24, 2.45) is 0 Å². The summed E-state index contributed by atoms with van der Waals surface area (Å²) in [5.74, 6) is 2.41. The standard InChI is InChI=1S/C16H23N3O2/c1-5-17-8-9-19(2)16-13-11-15(21-4)14(20-3)10-12(13)6-7-18-16/h6-7,10-11,17H,5,8-9H2,1-4H3. The minimum Gasteiger partial charge on any atom is -0.493 e. The lowest BCUT2D eigenvalue weighted by Gasteiger charge is -2.20. The Hall–Kier alpha value is -2.01. The van der Waals surface area contributed by atoms with Gasteiger partial charge in [0.1, 0.15) is 5.82 Å². The topological polar surface area (TPSA) is 46.6 Å². The third-order valence-corrected chi connectivity index (χ3v) is 3.48. The summed E-state index contributed by atoms with van der Waals surface area (Å²) >= 11 is 0. The minimum absolute atomic E-state index is 0.722. The van der Waals surface area contributed by atoms with Crippen LogP contribution >= 0.6 is 0 Å². The van der Waals surface area contributed by atoms with Gasteiger partial charge in [0.15, 0.2) is 11.5 Å². The van der Waals surface area contributed by atoms with Gasteiger partial charge in [-0.1, -0.05) is 6.92 Å². The number of rotatable bonds is 7. The summed E-state index contributed by atoms with van der Waals surface area (Å²) in [6.45, 7) is 4.90. The number of benzene rings is 1. The molecule has 5 nitrogen and oxygen atoms in total. The number of methoxy groups -OCH3 is 2. The van der Waals surface area contributed by atoms with Gasteiger partial charge < -0.3 is 19.7 Å². The maximum Gasteiger partial charge on any atom is 0.161 e. The molecule has 1 heterocycles. The first-order valence-corrected chi connectivity index (χ1v) is 7.13. The molecular formula is C16H23N3O2. The molecule has 2 rings (SSSR count). The van der Waals surface area contributed by atoms with E-state index >= 15 is 0 Å². The minimum atomic E-state index is 0.722. The molecule has 0 unspecified atom stereocenters. The number of hydrogen-bond donors (Lipinski definition) is 1. The highest BCUT2D eigenvalue weighted by Gasteiger charge is 2.12. The van der Waals surface area contributed by atoms with E-state index in [0.29, 0.717) is 0 Å².